The zero-order valence-electron chi connectivity index (χ0n) is 30.0. The van der Waals surface area contributed by atoms with E-state index in [1.807, 2.05) is 59.4 Å². The Morgan fingerprint density at radius 1 is 0.909 bits per heavy atom. The van der Waals surface area contributed by atoms with Gasteiger partial charge in [-0.05, 0) is 62.1 Å². The highest BCUT2D eigenvalue weighted by Crippen LogP contribution is 2.48. The number of hydrogen-bond acceptors (Lipinski definition) is 7. The highest BCUT2D eigenvalue weighted by molar-refractivity contribution is 5.91. The first kappa shape index (κ1) is 40.9. The summed E-state index contributed by atoms with van der Waals surface area (Å²) in [5, 5.41) is 3.26. The van der Waals surface area contributed by atoms with Crippen LogP contribution in [0.25, 0.3) is 11.1 Å². The molecular weight excluding hydrogens is 794 g/mol. The number of anilines is 2. The van der Waals surface area contributed by atoms with Crippen molar-refractivity contribution in [2.24, 2.45) is 0 Å². The number of aromatic nitrogens is 4. The van der Waals surface area contributed by atoms with Crippen molar-refractivity contribution in [1.82, 2.24) is 15.0 Å². The number of pyridine rings is 2. The van der Waals surface area contributed by atoms with E-state index in [-0.39, 0.29) is 72.0 Å². The first-order valence-corrected chi connectivity index (χ1v) is 17.1. The van der Waals surface area contributed by atoms with Gasteiger partial charge in [0.05, 0.1) is 47.8 Å². The molecule has 0 spiro atoms. The van der Waals surface area contributed by atoms with Crippen LogP contribution in [0.3, 0.4) is 0 Å². The topological polar surface area (TPSA) is 93.3 Å². The maximum Gasteiger partial charge on any atom is 0.416 e. The number of rotatable bonds is 10. The molecule has 0 saturated heterocycles. The van der Waals surface area contributed by atoms with Gasteiger partial charge in [-0.3, -0.25) is 4.90 Å². The van der Waals surface area contributed by atoms with Crippen molar-refractivity contribution in [3.8, 4) is 17.0 Å². The Kier molecular flexibility index (Phi) is 12.4. The van der Waals surface area contributed by atoms with Crippen LogP contribution in [0.1, 0.15) is 60.7 Å². The minimum atomic E-state index is -5.05. The first-order valence-electron chi connectivity index (χ1n) is 17.1. The van der Waals surface area contributed by atoms with E-state index in [1.54, 1.807) is 32.3 Å². The Balaban J connectivity index is 0.00000580. The molecule has 290 valence electrons. The number of benzene rings is 2. The minimum Gasteiger partial charge on any atom is -1.00 e. The van der Waals surface area contributed by atoms with Crippen molar-refractivity contribution >= 4 is 17.7 Å². The lowest BCUT2D eigenvalue weighted by molar-refractivity contribution is -0.687. The second-order valence-corrected chi connectivity index (χ2v) is 12.9. The van der Waals surface area contributed by atoms with E-state index in [0.29, 0.717) is 24.4 Å². The lowest BCUT2D eigenvalue weighted by Gasteiger charge is -2.49. The van der Waals surface area contributed by atoms with Gasteiger partial charge in [-0.15, -0.1) is 0 Å². The zero-order valence-corrected chi connectivity index (χ0v) is 31.5. The Morgan fingerprint density at radius 2 is 1.58 bits per heavy atom. The summed E-state index contributed by atoms with van der Waals surface area (Å²) in [5.41, 5.74) is -1.26. The summed E-state index contributed by atoms with van der Waals surface area (Å²) in [7, 11) is 1.42. The molecule has 0 fully saturated rings. The normalized spacial score (nSPS) is 16.8. The third kappa shape index (κ3) is 9.18. The number of halogens is 7. The van der Waals surface area contributed by atoms with Crippen LogP contribution in [-0.4, -0.2) is 40.3 Å². The van der Waals surface area contributed by atoms with Crippen molar-refractivity contribution in [2.75, 3.05) is 23.9 Å². The Morgan fingerprint density at radius 3 is 2.18 bits per heavy atom. The summed E-state index contributed by atoms with van der Waals surface area (Å²) in [4.78, 5) is 28.7. The van der Waals surface area contributed by atoms with E-state index < -0.39 is 41.2 Å². The predicted octanol–water partition coefficient (Wildman–Crippen LogP) is 5.84. The lowest BCUT2D eigenvalue weighted by atomic mass is 9.76. The van der Waals surface area contributed by atoms with Gasteiger partial charge in [0, 0.05) is 41.2 Å². The van der Waals surface area contributed by atoms with E-state index in [1.165, 1.54) is 18.1 Å². The van der Waals surface area contributed by atoms with E-state index in [9.17, 15) is 31.1 Å². The number of amides is 1. The van der Waals surface area contributed by atoms with Crippen LogP contribution in [0.15, 0.2) is 97.6 Å². The maximum absolute atomic E-state index is 13.9. The number of carbonyl (C=O) groups excluding carboxylic acids is 1. The number of methoxy groups -OCH3 is 1. The van der Waals surface area contributed by atoms with Crippen molar-refractivity contribution < 1.29 is 62.2 Å². The molecule has 1 amide bonds. The average molecular weight is 832 g/mol. The third-order valence-electron chi connectivity index (χ3n) is 9.36. The molecule has 0 unspecified atom stereocenters. The summed E-state index contributed by atoms with van der Waals surface area (Å²) >= 11 is 0. The fourth-order valence-electron chi connectivity index (χ4n) is 6.80. The highest BCUT2D eigenvalue weighted by atomic mass is 79.9. The molecule has 4 heterocycles. The van der Waals surface area contributed by atoms with Crippen molar-refractivity contribution in [1.29, 1.82) is 0 Å². The van der Waals surface area contributed by atoms with Crippen LogP contribution in [0, 0.1) is 0 Å². The molecule has 1 aliphatic rings. The van der Waals surface area contributed by atoms with E-state index in [2.05, 4.69) is 20.3 Å². The van der Waals surface area contributed by atoms with Crippen molar-refractivity contribution in [3.05, 3.63) is 126 Å². The molecule has 0 radical (unpaired) electrons. The van der Waals surface area contributed by atoms with Gasteiger partial charge in [-0.1, -0.05) is 37.3 Å². The average Bonchev–Trinajstić information content (AvgIpc) is 3.15. The van der Waals surface area contributed by atoms with Crippen LogP contribution in [0.5, 0.6) is 5.88 Å². The molecule has 16 heteroatoms. The van der Waals surface area contributed by atoms with Crippen molar-refractivity contribution in [2.45, 2.75) is 63.6 Å². The zero-order chi connectivity index (χ0) is 38.7. The molecule has 0 saturated carbocycles. The van der Waals surface area contributed by atoms with Gasteiger partial charge in [0.15, 0.2) is 18.9 Å². The van der Waals surface area contributed by atoms with Gasteiger partial charge in [0.25, 0.3) is 0 Å². The Hall–Kier alpha value is -5.25. The van der Waals surface area contributed by atoms with Crippen molar-refractivity contribution in [3.63, 3.8) is 0 Å². The number of carbonyl (C=O) groups is 1. The molecule has 2 aromatic carbocycles. The summed E-state index contributed by atoms with van der Waals surface area (Å²) in [6.07, 6.45) is -4.00. The van der Waals surface area contributed by atoms with Crippen LogP contribution < -0.4 is 36.5 Å². The quantitative estimate of drug-likeness (QED) is 0.140. The Bertz CT molecular complexity index is 2070. The molecule has 1 aliphatic heterocycles. The van der Waals surface area contributed by atoms with E-state index in [0.717, 1.165) is 16.7 Å². The summed E-state index contributed by atoms with van der Waals surface area (Å²) in [6, 6.07) is 17.6. The fourth-order valence-corrected chi connectivity index (χ4v) is 6.80. The molecule has 5 aromatic rings. The fraction of sp³-hybridized carbons (Fsp3) is 0.308. The predicted molar refractivity (Wildman–Crippen MR) is 188 cm³/mol. The number of nitrogens with zero attached hydrogens (tertiary/aromatic N) is 5. The molecule has 2 atom stereocenters. The van der Waals surface area contributed by atoms with Gasteiger partial charge in [0.1, 0.15) is 0 Å². The Labute approximate surface area is 324 Å². The van der Waals surface area contributed by atoms with Gasteiger partial charge >= 0.3 is 18.4 Å². The minimum absolute atomic E-state index is 0. The summed E-state index contributed by atoms with van der Waals surface area (Å²) < 4.78 is 96.3. The number of ether oxygens (including phenoxy) is 2. The number of hydrogen-bond donors (Lipinski definition) is 1. The molecule has 3 aromatic heterocycles. The third-order valence-corrected chi connectivity index (χ3v) is 9.36. The smallest absolute Gasteiger partial charge is 0.416 e. The highest BCUT2D eigenvalue weighted by Gasteiger charge is 2.49. The molecule has 6 rings (SSSR count). The SMILES string of the molecule is CCOC(=O)N1c2ccc(OC)nc2[C@@H](Nc2ncc(-c3ccc[n+](Cc4ccccc4)c3)cn2)C[C@@]1(CC)Cc1cc(C(F)(F)F)cc(C(F)(F)F)c1.[Br-]. The van der Waals surface area contributed by atoms with E-state index in [4.69, 9.17) is 9.47 Å². The van der Waals surface area contributed by atoms with Crippen LogP contribution in [0.4, 0.5) is 42.8 Å². The number of alkyl halides is 6. The monoisotopic (exact) mass is 830 g/mol. The standard InChI is InChI=1S/C39H37F6N6O3.BrH/c1-4-37(19-26-16-29(38(40,41)42)18-30(17-26)39(43,44)45)20-31(34-32(13-14-33(49-34)53-3)51(37)36(52)54-5-2)48-35-46-21-28(22-47-35)27-12-9-15-50(24-27)23-25-10-7-6-8-11-25;/h6-18,21-22,24,31H,4-5,19-20,23H2,1-3H3,(H,46,47,48);1H/q+1;/p-1/t31-,37+;/m0./s1. The maximum atomic E-state index is 13.9. The molecular formula is C39H37BrF6N6O3. The van der Waals surface area contributed by atoms with Gasteiger partial charge in [-0.2, -0.15) is 26.3 Å². The van der Waals surface area contributed by atoms with Crippen LogP contribution >= 0.6 is 0 Å². The summed E-state index contributed by atoms with van der Waals surface area (Å²) in [5.74, 6) is 0.394. The number of fused-ring (bicyclic) bond motifs is 1. The van der Waals surface area contributed by atoms with E-state index >= 15 is 0 Å². The molecule has 0 aliphatic carbocycles. The second kappa shape index (κ2) is 16.6. The van der Waals surface area contributed by atoms with Gasteiger partial charge in [-0.25, -0.2) is 24.3 Å². The molecule has 0 bridgehead atoms. The van der Waals surface area contributed by atoms with Gasteiger partial charge in [0.2, 0.25) is 11.8 Å². The van der Waals surface area contributed by atoms with Crippen LogP contribution in [-0.2, 0) is 30.1 Å². The van der Waals surface area contributed by atoms with Gasteiger partial charge < -0.3 is 31.8 Å². The first-order chi connectivity index (χ1) is 25.7. The largest absolute Gasteiger partial charge is 1.00 e. The molecule has 55 heavy (non-hydrogen) atoms. The van der Waals surface area contributed by atoms with Crippen LogP contribution in [0.2, 0.25) is 0 Å². The molecule has 9 nitrogen and oxygen atoms in total. The lowest BCUT2D eigenvalue weighted by Crippen LogP contribution is -3.00. The molecule has 1 N–H and O–H groups in total. The second-order valence-electron chi connectivity index (χ2n) is 12.9. The number of nitrogens with one attached hydrogen (secondary N) is 1. The summed E-state index contributed by atoms with van der Waals surface area (Å²) in [6.45, 7) is 3.92.